The lowest BCUT2D eigenvalue weighted by molar-refractivity contribution is -0.163. The average Bonchev–Trinajstić information content (AvgIpc) is 2.44. The highest BCUT2D eigenvalue weighted by Gasteiger charge is 2.56. The van der Waals surface area contributed by atoms with E-state index in [1.54, 1.807) is 7.11 Å². The fourth-order valence-corrected chi connectivity index (χ4v) is 5.08. The second-order valence-corrected chi connectivity index (χ2v) is 13.7. The van der Waals surface area contributed by atoms with Gasteiger partial charge in [0.25, 0.3) is 0 Å². The molecule has 1 aliphatic heterocycles. The van der Waals surface area contributed by atoms with Crippen LogP contribution in [0.2, 0.25) is 18.1 Å². The first-order valence-corrected chi connectivity index (χ1v) is 11.9. The smallest absolute Gasteiger partial charge is 0.228 e. The number of carbonyl (C=O) groups is 2. The summed E-state index contributed by atoms with van der Waals surface area (Å²) in [5.74, 6) is 0.127. The number of ketones is 1. The fourth-order valence-electron chi connectivity index (χ4n) is 3.65. The third-order valence-electron chi connectivity index (χ3n) is 6.38. The molecule has 0 aromatic rings. The van der Waals surface area contributed by atoms with E-state index < -0.39 is 13.9 Å². The standard InChI is InChI=1S/C18H33NO4Si/c1-12(23-24(6,7)17(2,3)4)14-15(19-16(14)21)18(22-5)10-8-13(20)9-11-18/h12,14-15H,8-11H2,1-7H3,(H,19,21)/t12-,14?,15?/m1/s1. The number of amides is 1. The van der Waals surface area contributed by atoms with E-state index in [1.165, 1.54) is 0 Å². The van der Waals surface area contributed by atoms with Crippen molar-refractivity contribution in [3.8, 4) is 0 Å². The summed E-state index contributed by atoms with van der Waals surface area (Å²) < 4.78 is 12.3. The van der Waals surface area contributed by atoms with Gasteiger partial charge in [-0.1, -0.05) is 20.8 Å². The van der Waals surface area contributed by atoms with Gasteiger partial charge < -0.3 is 14.5 Å². The molecule has 0 bridgehead atoms. The van der Waals surface area contributed by atoms with Gasteiger partial charge >= 0.3 is 0 Å². The van der Waals surface area contributed by atoms with Crippen molar-refractivity contribution >= 4 is 20.0 Å². The van der Waals surface area contributed by atoms with Crippen molar-refractivity contribution in [2.75, 3.05) is 7.11 Å². The van der Waals surface area contributed by atoms with E-state index >= 15 is 0 Å². The van der Waals surface area contributed by atoms with Crippen molar-refractivity contribution in [2.24, 2.45) is 5.92 Å². The van der Waals surface area contributed by atoms with Gasteiger partial charge in [0.2, 0.25) is 5.91 Å². The van der Waals surface area contributed by atoms with E-state index in [-0.39, 0.29) is 34.8 Å². The van der Waals surface area contributed by atoms with Crippen LogP contribution in [0.5, 0.6) is 0 Å². The molecule has 0 aromatic carbocycles. The summed E-state index contributed by atoms with van der Waals surface area (Å²) in [6, 6.07) is -0.0668. The maximum absolute atomic E-state index is 12.3. The number of ether oxygens (including phenoxy) is 1. The Morgan fingerprint density at radius 3 is 2.17 bits per heavy atom. The van der Waals surface area contributed by atoms with E-state index in [4.69, 9.17) is 9.16 Å². The maximum atomic E-state index is 12.3. The van der Waals surface area contributed by atoms with E-state index in [9.17, 15) is 9.59 Å². The highest BCUT2D eigenvalue weighted by Crippen LogP contribution is 2.43. The molecule has 2 unspecified atom stereocenters. The topological polar surface area (TPSA) is 64.6 Å². The van der Waals surface area contributed by atoms with Crippen molar-refractivity contribution in [1.82, 2.24) is 5.32 Å². The van der Waals surface area contributed by atoms with Crippen LogP contribution in [0.1, 0.15) is 53.4 Å². The van der Waals surface area contributed by atoms with Crippen LogP contribution in [0, 0.1) is 5.92 Å². The van der Waals surface area contributed by atoms with Gasteiger partial charge in [0.15, 0.2) is 8.32 Å². The van der Waals surface area contributed by atoms with Crippen LogP contribution in [-0.2, 0) is 18.8 Å². The monoisotopic (exact) mass is 355 g/mol. The molecule has 1 saturated carbocycles. The normalized spacial score (nSPS) is 29.0. The average molecular weight is 356 g/mol. The molecule has 24 heavy (non-hydrogen) atoms. The molecular weight excluding hydrogens is 322 g/mol. The van der Waals surface area contributed by atoms with Gasteiger partial charge in [-0.25, -0.2) is 0 Å². The Hall–Kier alpha value is -0.723. The quantitative estimate of drug-likeness (QED) is 0.608. The summed E-state index contributed by atoms with van der Waals surface area (Å²) in [7, 11) is -0.251. The second-order valence-electron chi connectivity index (χ2n) is 8.90. The molecule has 138 valence electrons. The van der Waals surface area contributed by atoms with Crippen LogP contribution in [0.25, 0.3) is 0 Å². The van der Waals surface area contributed by atoms with Crippen molar-refractivity contribution < 1.29 is 18.8 Å². The molecule has 5 nitrogen and oxygen atoms in total. The number of hydrogen-bond donors (Lipinski definition) is 1. The number of β-lactam (4-membered cyclic amide) rings is 1. The molecule has 1 heterocycles. The second kappa shape index (κ2) is 6.54. The molecule has 1 amide bonds. The number of Topliss-reactive ketones (excluding diaryl/α,β-unsaturated/α-hetero) is 1. The van der Waals surface area contributed by atoms with Crippen molar-refractivity contribution in [3.63, 3.8) is 0 Å². The zero-order chi connectivity index (χ0) is 18.3. The predicted molar refractivity (Wildman–Crippen MR) is 96.4 cm³/mol. The molecule has 6 heteroatoms. The third kappa shape index (κ3) is 3.46. The van der Waals surface area contributed by atoms with Crippen LogP contribution in [0.15, 0.2) is 0 Å². The van der Waals surface area contributed by atoms with Gasteiger partial charge in [-0.3, -0.25) is 9.59 Å². The Morgan fingerprint density at radius 2 is 1.75 bits per heavy atom. The zero-order valence-electron chi connectivity index (χ0n) is 16.2. The van der Waals surface area contributed by atoms with Crippen molar-refractivity contribution in [3.05, 3.63) is 0 Å². The largest absolute Gasteiger partial charge is 0.413 e. The number of methoxy groups -OCH3 is 1. The Bertz CT molecular complexity index is 502. The number of carbonyl (C=O) groups excluding carboxylic acids is 2. The lowest BCUT2D eigenvalue weighted by Crippen LogP contribution is -2.72. The van der Waals surface area contributed by atoms with E-state index in [1.807, 2.05) is 6.92 Å². The number of rotatable bonds is 5. The molecule has 0 radical (unpaired) electrons. The van der Waals surface area contributed by atoms with Gasteiger partial charge in [0.05, 0.1) is 23.7 Å². The van der Waals surface area contributed by atoms with Gasteiger partial charge in [-0.05, 0) is 37.9 Å². The Kier molecular flexibility index (Phi) is 5.34. The van der Waals surface area contributed by atoms with Gasteiger partial charge in [-0.15, -0.1) is 0 Å². The minimum absolute atomic E-state index is 0.0412. The van der Waals surface area contributed by atoms with Gasteiger partial charge in [0.1, 0.15) is 5.78 Å². The summed E-state index contributed by atoms with van der Waals surface area (Å²) in [5.41, 5.74) is -0.433. The van der Waals surface area contributed by atoms with Crippen LogP contribution >= 0.6 is 0 Å². The molecule has 2 fully saturated rings. The lowest BCUT2D eigenvalue weighted by atomic mass is 9.69. The lowest BCUT2D eigenvalue weighted by Gasteiger charge is -2.53. The summed E-state index contributed by atoms with van der Waals surface area (Å²) in [5, 5.41) is 3.14. The van der Waals surface area contributed by atoms with Crippen molar-refractivity contribution in [2.45, 2.75) is 89.3 Å². The first-order chi connectivity index (χ1) is 10.9. The minimum atomic E-state index is -1.94. The Balaban J connectivity index is 2.14. The molecule has 3 atom stereocenters. The van der Waals surface area contributed by atoms with Crippen LogP contribution in [0.4, 0.5) is 0 Å². The van der Waals surface area contributed by atoms with E-state index in [2.05, 4.69) is 39.2 Å². The first-order valence-electron chi connectivity index (χ1n) is 8.98. The number of nitrogens with one attached hydrogen (secondary N) is 1. The molecule has 1 aliphatic carbocycles. The summed E-state index contributed by atoms with van der Waals surface area (Å²) >= 11 is 0. The fraction of sp³-hybridized carbons (Fsp3) is 0.889. The van der Waals surface area contributed by atoms with E-state index in [0.717, 1.165) is 0 Å². The SMILES string of the molecule is COC1(C2NC(=O)C2[C@@H](C)O[Si](C)(C)C(C)(C)C)CCC(=O)CC1. The molecule has 2 aliphatic rings. The predicted octanol–water partition coefficient (Wildman–Crippen LogP) is 3.04. The van der Waals surface area contributed by atoms with Crippen molar-refractivity contribution in [1.29, 1.82) is 0 Å². The first kappa shape index (κ1) is 19.6. The minimum Gasteiger partial charge on any atom is -0.413 e. The zero-order valence-corrected chi connectivity index (χ0v) is 17.2. The van der Waals surface area contributed by atoms with Crippen LogP contribution in [-0.4, -0.2) is 44.9 Å². The molecule has 0 aromatic heterocycles. The number of hydrogen-bond acceptors (Lipinski definition) is 4. The van der Waals surface area contributed by atoms with Crippen LogP contribution in [0.3, 0.4) is 0 Å². The molecule has 0 spiro atoms. The maximum Gasteiger partial charge on any atom is 0.228 e. The Morgan fingerprint density at radius 1 is 1.21 bits per heavy atom. The highest BCUT2D eigenvalue weighted by molar-refractivity contribution is 6.74. The third-order valence-corrected chi connectivity index (χ3v) is 11.0. The molecule has 1 N–H and O–H groups in total. The van der Waals surface area contributed by atoms with Gasteiger partial charge in [0, 0.05) is 20.0 Å². The summed E-state index contributed by atoms with van der Waals surface area (Å²) in [6.07, 6.45) is 2.27. The molecule has 2 rings (SSSR count). The molecular formula is C18H33NO4Si. The molecule has 1 saturated heterocycles. The Labute approximate surface area is 147 Å². The van der Waals surface area contributed by atoms with Gasteiger partial charge in [-0.2, -0.15) is 0 Å². The summed E-state index contributed by atoms with van der Waals surface area (Å²) in [4.78, 5) is 23.9. The highest BCUT2D eigenvalue weighted by atomic mass is 28.4. The van der Waals surface area contributed by atoms with E-state index in [0.29, 0.717) is 25.7 Å². The van der Waals surface area contributed by atoms with Crippen LogP contribution < -0.4 is 5.32 Å². The summed E-state index contributed by atoms with van der Waals surface area (Å²) in [6.45, 7) is 13.0.